The van der Waals surface area contributed by atoms with Gasteiger partial charge in [0.15, 0.2) is 9.84 Å². The normalized spacial score (nSPS) is 15.8. The van der Waals surface area contributed by atoms with Crippen LogP contribution in [-0.2, 0) is 16.3 Å². The summed E-state index contributed by atoms with van der Waals surface area (Å²) in [5, 5.41) is 0. The first kappa shape index (κ1) is 24.4. The summed E-state index contributed by atoms with van der Waals surface area (Å²) in [6, 6.07) is 12.5. The van der Waals surface area contributed by atoms with Crippen LogP contribution in [-0.4, -0.2) is 93.1 Å². The zero-order valence-electron chi connectivity index (χ0n) is 19.3. The standard InChI is InChI=1S/C24H34N4O3S/c1-26(2)18-19-28(24(29)20-7-9-23(10-8-20)32(3,30)31)22-12-16-27(17-13-22)15-11-21-6-4-5-14-25-21/h4-10,14,22H,11-13,15-19H2,1-3H3. The minimum absolute atomic E-state index is 0.0289. The predicted molar refractivity (Wildman–Crippen MR) is 127 cm³/mol. The van der Waals surface area contributed by atoms with Crippen LogP contribution >= 0.6 is 0 Å². The van der Waals surface area contributed by atoms with E-state index in [0.29, 0.717) is 12.1 Å². The highest BCUT2D eigenvalue weighted by atomic mass is 32.2. The van der Waals surface area contributed by atoms with E-state index >= 15 is 0 Å². The van der Waals surface area contributed by atoms with Gasteiger partial charge in [0.2, 0.25) is 0 Å². The SMILES string of the molecule is CN(C)CCN(C(=O)c1ccc(S(C)(=O)=O)cc1)C1CCN(CCc2ccccn2)CC1. The molecule has 2 heterocycles. The summed E-state index contributed by atoms with van der Waals surface area (Å²) >= 11 is 0. The highest BCUT2D eigenvalue weighted by molar-refractivity contribution is 7.90. The third-order valence-corrected chi connectivity index (χ3v) is 7.12. The maximum Gasteiger partial charge on any atom is 0.254 e. The second-order valence-corrected chi connectivity index (χ2v) is 10.8. The smallest absolute Gasteiger partial charge is 0.254 e. The van der Waals surface area contributed by atoms with Crippen molar-refractivity contribution >= 4 is 15.7 Å². The number of carbonyl (C=O) groups excluding carboxylic acids is 1. The fraction of sp³-hybridized carbons (Fsp3) is 0.500. The van der Waals surface area contributed by atoms with E-state index in [1.54, 1.807) is 12.1 Å². The largest absolute Gasteiger partial charge is 0.334 e. The fourth-order valence-corrected chi connectivity index (χ4v) is 4.67. The molecule has 0 aliphatic carbocycles. The molecule has 32 heavy (non-hydrogen) atoms. The molecule has 174 valence electrons. The van der Waals surface area contributed by atoms with Crippen LogP contribution in [0.3, 0.4) is 0 Å². The van der Waals surface area contributed by atoms with E-state index in [1.807, 2.05) is 37.3 Å². The van der Waals surface area contributed by atoms with Crippen molar-refractivity contribution in [2.45, 2.75) is 30.2 Å². The number of hydrogen-bond acceptors (Lipinski definition) is 6. The number of carbonyl (C=O) groups is 1. The Morgan fingerprint density at radius 3 is 2.31 bits per heavy atom. The zero-order valence-corrected chi connectivity index (χ0v) is 20.1. The summed E-state index contributed by atoms with van der Waals surface area (Å²) in [7, 11) is 0.727. The summed E-state index contributed by atoms with van der Waals surface area (Å²) in [4.78, 5) is 24.5. The van der Waals surface area contributed by atoms with Crippen LogP contribution in [0.4, 0.5) is 0 Å². The van der Waals surface area contributed by atoms with Crippen molar-refractivity contribution in [2.75, 3.05) is 53.1 Å². The van der Waals surface area contributed by atoms with Gasteiger partial charge in [-0.15, -0.1) is 0 Å². The van der Waals surface area contributed by atoms with Crippen molar-refractivity contribution < 1.29 is 13.2 Å². The topological polar surface area (TPSA) is 73.8 Å². The lowest BCUT2D eigenvalue weighted by atomic mass is 10.0. The number of sulfone groups is 1. The molecule has 0 N–H and O–H groups in total. The lowest BCUT2D eigenvalue weighted by molar-refractivity contribution is 0.0556. The Bertz CT molecular complexity index is 970. The molecule has 1 fully saturated rings. The maximum absolute atomic E-state index is 13.3. The van der Waals surface area contributed by atoms with E-state index in [0.717, 1.165) is 51.1 Å². The number of likely N-dealkylation sites (tertiary alicyclic amines) is 1. The Kier molecular flexibility index (Phi) is 8.39. The van der Waals surface area contributed by atoms with E-state index < -0.39 is 9.84 Å². The van der Waals surface area contributed by atoms with Gasteiger partial charge in [-0.25, -0.2) is 8.42 Å². The molecule has 8 heteroatoms. The Hall–Kier alpha value is -2.29. The first-order valence-corrected chi connectivity index (χ1v) is 13.0. The highest BCUT2D eigenvalue weighted by Crippen LogP contribution is 2.20. The van der Waals surface area contributed by atoms with E-state index in [9.17, 15) is 13.2 Å². The van der Waals surface area contributed by atoms with Crippen molar-refractivity contribution in [1.82, 2.24) is 19.7 Å². The Labute approximate surface area is 192 Å². The van der Waals surface area contributed by atoms with Crippen molar-refractivity contribution in [2.24, 2.45) is 0 Å². The van der Waals surface area contributed by atoms with Gasteiger partial charge in [-0.05, 0) is 63.3 Å². The molecule has 1 amide bonds. The quantitative estimate of drug-likeness (QED) is 0.574. The lowest BCUT2D eigenvalue weighted by Crippen LogP contribution is -2.49. The molecule has 0 bridgehead atoms. The van der Waals surface area contributed by atoms with Gasteiger partial charge < -0.3 is 14.7 Å². The van der Waals surface area contributed by atoms with Crippen molar-refractivity contribution in [3.05, 3.63) is 59.9 Å². The lowest BCUT2D eigenvalue weighted by Gasteiger charge is -2.39. The molecule has 7 nitrogen and oxygen atoms in total. The molecule has 0 unspecified atom stereocenters. The van der Waals surface area contributed by atoms with Gasteiger partial charge in [-0.1, -0.05) is 6.07 Å². The van der Waals surface area contributed by atoms with Gasteiger partial charge in [0, 0.05) is 68.9 Å². The number of benzene rings is 1. The third kappa shape index (κ3) is 6.85. The number of nitrogens with zero attached hydrogens (tertiary/aromatic N) is 4. The van der Waals surface area contributed by atoms with Crippen molar-refractivity contribution in [1.29, 1.82) is 0 Å². The number of hydrogen-bond donors (Lipinski definition) is 0. The first-order valence-electron chi connectivity index (χ1n) is 11.1. The molecule has 1 aliphatic heterocycles. The first-order chi connectivity index (χ1) is 15.2. The number of likely N-dealkylation sites (N-methyl/N-ethyl adjacent to an activating group) is 1. The van der Waals surface area contributed by atoms with Gasteiger partial charge in [-0.3, -0.25) is 9.78 Å². The van der Waals surface area contributed by atoms with Crippen molar-refractivity contribution in [3.8, 4) is 0 Å². The minimum atomic E-state index is -3.28. The third-order valence-electron chi connectivity index (χ3n) is 5.99. The molecule has 0 spiro atoms. The van der Waals surface area contributed by atoms with Crippen LogP contribution in [0.5, 0.6) is 0 Å². The molecule has 1 saturated heterocycles. The van der Waals surface area contributed by atoms with Gasteiger partial charge in [0.05, 0.1) is 4.90 Å². The van der Waals surface area contributed by atoms with Gasteiger partial charge in [0.1, 0.15) is 0 Å². The van der Waals surface area contributed by atoms with Crippen LogP contribution in [0.15, 0.2) is 53.6 Å². The van der Waals surface area contributed by atoms with E-state index in [1.165, 1.54) is 18.4 Å². The summed E-state index contributed by atoms with van der Waals surface area (Å²) in [6.45, 7) is 4.32. The fourth-order valence-electron chi connectivity index (χ4n) is 4.04. The maximum atomic E-state index is 13.3. The van der Waals surface area contributed by atoms with E-state index in [2.05, 4.69) is 20.9 Å². The van der Waals surface area contributed by atoms with Crippen LogP contribution in [0, 0.1) is 0 Å². The van der Waals surface area contributed by atoms with Gasteiger partial charge >= 0.3 is 0 Å². The summed E-state index contributed by atoms with van der Waals surface area (Å²) < 4.78 is 23.5. The summed E-state index contributed by atoms with van der Waals surface area (Å²) in [6.07, 6.45) is 5.81. The van der Waals surface area contributed by atoms with Crippen molar-refractivity contribution in [3.63, 3.8) is 0 Å². The molecule has 0 atom stereocenters. The molecule has 1 aromatic carbocycles. The Morgan fingerprint density at radius 2 is 1.75 bits per heavy atom. The molecular formula is C24H34N4O3S. The molecule has 2 aromatic rings. The number of aromatic nitrogens is 1. The van der Waals surface area contributed by atoms with Gasteiger partial charge in [0.25, 0.3) is 5.91 Å². The van der Waals surface area contributed by atoms with Gasteiger partial charge in [-0.2, -0.15) is 0 Å². The van der Waals surface area contributed by atoms with Crippen LogP contribution < -0.4 is 0 Å². The Morgan fingerprint density at radius 1 is 1.06 bits per heavy atom. The second kappa shape index (κ2) is 11.0. The number of pyridine rings is 1. The zero-order chi connectivity index (χ0) is 23.1. The predicted octanol–water partition coefficient (Wildman–Crippen LogP) is 2.20. The highest BCUT2D eigenvalue weighted by Gasteiger charge is 2.28. The molecule has 1 aliphatic rings. The number of amides is 1. The molecule has 0 radical (unpaired) electrons. The van der Waals surface area contributed by atoms with E-state index in [-0.39, 0.29) is 16.8 Å². The number of rotatable bonds is 9. The number of piperidine rings is 1. The summed E-state index contributed by atoms with van der Waals surface area (Å²) in [5.41, 5.74) is 1.64. The Balaban J connectivity index is 1.63. The molecule has 0 saturated carbocycles. The van der Waals surface area contributed by atoms with Crippen LogP contribution in [0.25, 0.3) is 0 Å². The minimum Gasteiger partial charge on any atom is -0.334 e. The average molecular weight is 459 g/mol. The summed E-state index contributed by atoms with van der Waals surface area (Å²) in [5.74, 6) is -0.0289. The molecule has 3 rings (SSSR count). The average Bonchev–Trinajstić information content (AvgIpc) is 2.78. The molecular weight excluding hydrogens is 424 g/mol. The monoisotopic (exact) mass is 458 g/mol. The molecule has 1 aromatic heterocycles. The van der Waals surface area contributed by atoms with E-state index in [4.69, 9.17) is 0 Å². The second-order valence-electron chi connectivity index (χ2n) is 8.74. The van der Waals surface area contributed by atoms with Crippen LogP contribution in [0.2, 0.25) is 0 Å². The van der Waals surface area contributed by atoms with Crippen LogP contribution in [0.1, 0.15) is 28.9 Å².